The summed E-state index contributed by atoms with van der Waals surface area (Å²) in [4.78, 5) is 12.8. The fourth-order valence-corrected chi connectivity index (χ4v) is 3.14. The van der Waals surface area contributed by atoms with Gasteiger partial charge in [-0.25, -0.2) is 0 Å². The Bertz CT molecular complexity index is 520. The summed E-state index contributed by atoms with van der Waals surface area (Å²) >= 11 is 0. The summed E-state index contributed by atoms with van der Waals surface area (Å²) in [5, 5.41) is 0. The Balaban J connectivity index is 2.68. The Morgan fingerprint density at radius 3 is 2.16 bits per heavy atom. The number of allylic oxidation sites excluding steroid dienone is 2. The van der Waals surface area contributed by atoms with Crippen molar-refractivity contribution in [1.29, 1.82) is 0 Å². The molecule has 102 valence electrons. The smallest absolute Gasteiger partial charge is 0.169 e. The van der Waals surface area contributed by atoms with Crippen molar-refractivity contribution in [3.8, 4) is 0 Å². The molecule has 0 saturated carbocycles. The first kappa shape index (κ1) is 14.0. The normalized spacial score (nSPS) is 17.6. The number of hydrogen-bond donors (Lipinski definition) is 0. The van der Waals surface area contributed by atoms with Crippen molar-refractivity contribution in [2.45, 2.75) is 58.8 Å². The molecular weight excluding hydrogens is 232 g/mol. The minimum atomic E-state index is -0.377. The monoisotopic (exact) mass is 256 g/mol. The number of carbonyl (C=O) groups excluding carboxylic acids is 1. The first-order chi connectivity index (χ1) is 9.04. The van der Waals surface area contributed by atoms with Gasteiger partial charge in [-0.1, -0.05) is 51.0 Å². The molecule has 0 unspecified atom stereocenters. The molecule has 1 aromatic carbocycles. The first-order valence-corrected chi connectivity index (χ1v) is 7.40. The molecular formula is C18H24O. The van der Waals surface area contributed by atoms with E-state index in [-0.39, 0.29) is 5.41 Å². The average molecular weight is 256 g/mol. The lowest BCUT2D eigenvalue weighted by atomic mass is 9.68. The van der Waals surface area contributed by atoms with Crippen LogP contribution in [0.5, 0.6) is 0 Å². The van der Waals surface area contributed by atoms with Crippen molar-refractivity contribution in [1.82, 2.24) is 0 Å². The van der Waals surface area contributed by atoms with Gasteiger partial charge >= 0.3 is 0 Å². The number of hydrogen-bond acceptors (Lipinski definition) is 1. The van der Waals surface area contributed by atoms with Crippen LogP contribution in [0.1, 0.15) is 64.5 Å². The molecule has 0 saturated heterocycles. The lowest BCUT2D eigenvalue weighted by Crippen LogP contribution is -2.35. The number of Topliss-reactive ketones (excluding diaryl/α,β-unsaturated/α-hetero) is 1. The van der Waals surface area contributed by atoms with Crippen LogP contribution in [0.2, 0.25) is 0 Å². The molecule has 1 aromatic rings. The molecule has 0 bridgehead atoms. The molecule has 2 rings (SSSR count). The molecule has 1 heteroatoms. The molecule has 0 spiro atoms. The second-order valence-electron chi connectivity index (χ2n) is 5.96. The zero-order chi connectivity index (χ0) is 14.0. The van der Waals surface area contributed by atoms with Crippen LogP contribution >= 0.6 is 0 Å². The summed E-state index contributed by atoms with van der Waals surface area (Å²) < 4.78 is 0. The van der Waals surface area contributed by atoms with Crippen molar-refractivity contribution in [3.63, 3.8) is 0 Å². The fourth-order valence-electron chi connectivity index (χ4n) is 3.14. The predicted octanol–water partition coefficient (Wildman–Crippen LogP) is 4.90. The number of fused-ring (bicyclic) bond motifs is 1. The van der Waals surface area contributed by atoms with Gasteiger partial charge in [0.05, 0.1) is 5.41 Å². The van der Waals surface area contributed by atoms with Gasteiger partial charge in [-0.05, 0) is 49.0 Å². The van der Waals surface area contributed by atoms with E-state index in [9.17, 15) is 4.79 Å². The molecule has 0 atom stereocenters. The minimum Gasteiger partial charge on any atom is -0.294 e. The molecule has 1 nitrogen and oxygen atoms in total. The summed E-state index contributed by atoms with van der Waals surface area (Å²) in [6.45, 7) is 8.46. The van der Waals surface area contributed by atoms with Crippen LogP contribution in [0.3, 0.4) is 0 Å². The minimum absolute atomic E-state index is 0.330. The van der Waals surface area contributed by atoms with Gasteiger partial charge in [-0.15, -0.1) is 0 Å². The topological polar surface area (TPSA) is 17.1 Å². The van der Waals surface area contributed by atoms with E-state index in [2.05, 4.69) is 45.9 Å². The predicted molar refractivity (Wildman–Crippen MR) is 81.2 cm³/mol. The van der Waals surface area contributed by atoms with E-state index in [4.69, 9.17) is 0 Å². The lowest BCUT2D eigenvalue weighted by molar-refractivity contribution is -0.120. The quantitative estimate of drug-likeness (QED) is 0.748. The van der Waals surface area contributed by atoms with E-state index in [1.807, 2.05) is 6.07 Å². The van der Waals surface area contributed by atoms with Gasteiger partial charge in [0.1, 0.15) is 0 Å². The van der Waals surface area contributed by atoms with Crippen LogP contribution in [0, 0.1) is 0 Å². The third-order valence-electron chi connectivity index (χ3n) is 4.13. The van der Waals surface area contributed by atoms with Crippen molar-refractivity contribution in [2.24, 2.45) is 0 Å². The maximum absolute atomic E-state index is 12.8. The maximum atomic E-state index is 12.8. The molecule has 0 heterocycles. The Morgan fingerprint density at radius 1 is 0.947 bits per heavy atom. The van der Waals surface area contributed by atoms with Gasteiger partial charge in [0.25, 0.3) is 0 Å². The van der Waals surface area contributed by atoms with E-state index in [1.54, 1.807) is 0 Å². The third-order valence-corrected chi connectivity index (χ3v) is 4.13. The van der Waals surface area contributed by atoms with Crippen LogP contribution < -0.4 is 0 Å². The van der Waals surface area contributed by atoms with Crippen LogP contribution in [0.25, 0.3) is 5.57 Å². The fraction of sp³-hybridized carbons (Fsp3) is 0.500. The van der Waals surface area contributed by atoms with Gasteiger partial charge < -0.3 is 0 Å². The number of carbonyl (C=O) groups is 1. The maximum Gasteiger partial charge on any atom is 0.169 e. The summed E-state index contributed by atoms with van der Waals surface area (Å²) in [6, 6.07) is 8.43. The van der Waals surface area contributed by atoms with E-state index < -0.39 is 0 Å². The van der Waals surface area contributed by atoms with Crippen molar-refractivity contribution in [3.05, 3.63) is 41.0 Å². The highest BCUT2D eigenvalue weighted by Crippen LogP contribution is 2.42. The van der Waals surface area contributed by atoms with Gasteiger partial charge in [0.2, 0.25) is 0 Å². The molecule has 0 aliphatic heterocycles. The molecule has 0 radical (unpaired) electrons. The Labute approximate surface area is 116 Å². The second kappa shape index (κ2) is 5.32. The molecule has 1 aliphatic carbocycles. The molecule has 0 aromatic heterocycles. The molecule has 0 N–H and O–H groups in total. The standard InChI is InChI=1S/C18H24O/c1-5-9-13-14-11-7-8-12-16(14)18(3,4)17(19)15(13)10-6-2/h7-8,11-12H,5-6,9-10H2,1-4H3. The highest BCUT2D eigenvalue weighted by molar-refractivity contribution is 6.11. The van der Waals surface area contributed by atoms with Gasteiger partial charge in [-0.2, -0.15) is 0 Å². The van der Waals surface area contributed by atoms with Gasteiger partial charge in [-0.3, -0.25) is 4.79 Å². The first-order valence-electron chi connectivity index (χ1n) is 7.40. The molecule has 0 fully saturated rings. The largest absolute Gasteiger partial charge is 0.294 e. The second-order valence-corrected chi connectivity index (χ2v) is 5.96. The summed E-state index contributed by atoms with van der Waals surface area (Å²) in [6.07, 6.45) is 4.04. The van der Waals surface area contributed by atoms with E-state index in [0.29, 0.717) is 5.78 Å². The number of rotatable bonds is 4. The van der Waals surface area contributed by atoms with E-state index in [0.717, 1.165) is 31.3 Å². The van der Waals surface area contributed by atoms with Crippen molar-refractivity contribution >= 4 is 11.4 Å². The number of ketones is 1. The Hall–Kier alpha value is -1.37. The zero-order valence-electron chi connectivity index (χ0n) is 12.5. The average Bonchev–Trinajstić information content (AvgIpc) is 2.41. The van der Waals surface area contributed by atoms with Crippen LogP contribution in [-0.4, -0.2) is 5.78 Å². The van der Waals surface area contributed by atoms with Crippen LogP contribution in [0.4, 0.5) is 0 Å². The van der Waals surface area contributed by atoms with Gasteiger partial charge in [0, 0.05) is 0 Å². The molecule has 19 heavy (non-hydrogen) atoms. The highest BCUT2D eigenvalue weighted by atomic mass is 16.1. The Kier molecular flexibility index (Phi) is 3.93. The number of benzene rings is 1. The molecule has 1 aliphatic rings. The van der Waals surface area contributed by atoms with Crippen molar-refractivity contribution < 1.29 is 4.79 Å². The van der Waals surface area contributed by atoms with Crippen molar-refractivity contribution in [2.75, 3.05) is 0 Å². The molecule has 0 amide bonds. The zero-order valence-corrected chi connectivity index (χ0v) is 12.5. The van der Waals surface area contributed by atoms with Gasteiger partial charge in [0.15, 0.2) is 5.78 Å². The van der Waals surface area contributed by atoms with Crippen LogP contribution in [0.15, 0.2) is 29.8 Å². The summed E-state index contributed by atoms with van der Waals surface area (Å²) in [5.41, 5.74) is 4.50. The summed E-state index contributed by atoms with van der Waals surface area (Å²) in [7, 11) is 0. The lowest BCUT2D eigenvalue weighted by Gasteiger charge is -2.34. The van der Waals surface area contributed by atoms with Crippen LogP contribution in [-0.2, 0) is 10.2 Å². The Morgan fingerprint density at radius 2 is 1.53 bits per heavy atom. The highest BCUT2D eigenvalue weighted by Gasteiger charge is 2.38. The SMILES string of the molecule is CCCC1=C(CCC)c2ccccc2C(C)(C)C1=O. The summed E-state index contributed by atoms with van der Waals surface area (Å²) in [5.74, 6) is 0.330. The third kappa shape index (κ3) is 2.27. The van der Waals surface area contributed by atoms with E-state index >= 15 is 0 Å². The van der Waals surface area contributed by atoms with E-state index in [1.165, 1.54) is 16.7 Å².